The molecular formula is C26H21Cl2N3O2. The van der Waals surface area contributed by atoms with Crippen LogP contribution in [-0.2, 0) is 15.1 Å². The summed E-state index contributed by atoms with van der Waals surface area (Å²) in [7, 11) is 0. The number of benzene rings is 3. The molecular weight excluding hydrogens is 457 g/mol. The number of imide groups is 1. The number of carbonyl (C=O) groups excluding carboxylic acids is 2. The Labute approximate surface area is 202 Å². The zero-order chi connectivity index (χ0) is 22.7. The van der Waals surface area contributed by atoms with E-state index in [2.05, 4.69) is 10.0 Å². The molecule has 166 valence electrons. The van der Waals surface area contributed by atoms with Gasteiger partial charge in [0.25, 0.3) is 5.91 Å². The molecule has 3 heterocycles. The second-order valence-electron chi connectivity index (χ2n) is 8.68. The maximum atomic E-state index is 14.4. The normalized spacial score (nSPS) is 27.3. The molecule has 7 heteroatoms. The van der Waals surface area contributed by atoms with Crippen LogP contribution in [0.5, 0.6) is 0 Å². The van der Waals surface area contributed by atoms with Crippen LogP contribution in [0.2, 0.25) is 10.0 Å². The molecule has 6 rings (SSSR count). The largest absolute Gasteiger partial charge is 0.274 e. The first-order valence-electron chi connectivity index (χ1n) is 11.0. The molecule has 0 radical (unpaired) electrons. The van der Waals surface area contributed by atoms with E-state index >= 15 is 0 Å². The summed E-state index contributed by atoms with van der Waals surface area (Å²) in [6, 6.07) is 24.3. The van der Waals surface area contributed by atoms with E-state index in [9.17, 15) is 9.59 Å². The summed E-state index contributed by atoms with van der Waals surface area (Å²) >= 11 is 12.6. The van der Waals surface area contributed by atoms with Crippen molar-refractivity contribution in [2.75, 3.05) is 18.0 Å². The Morgan fingerprint density at radius 3 is 2.24 bits per heavy atom. The molecule has 0 aromatic heterocycles. The van der Waals surface area contributed by atoms with E-state index in [1.807, 2.05) is 60.7 Å². The van der Waals surface area contributed by atoms with Gasteiger partial charge in [-0.2, -0.15) is 0 Å². The van der Waals surface area contributed by atoms with Crippen molar-refractivity contribution in [2.45, 2.75) is 18.0 Å². The Bertz CT molecular complexity index is 1250. The van der Waals surface area contributed by atoms with Crippen LogP contribution in [0.15, 0.2) is 78.9 Å². The van der Waals surface area contributed by atoms with Gasteiger partial charge in [-0.05, 0) is 35.7 Å². The maximum Gasteiger partial charge on any atom is 0.261 e. The number of rotatable bonds is 3. The molecule has 3 unspecified atom stereocenters. The minimum atomic E-state index is -1.13. The monoisotopic (exact) mass is 477 g/mol. The van der Waals surface area contributed by atoms with Crippen LogP contribution < -0.4 is 4.90 Å². The second-order valence-corrected chi connectivity index (χ2v) is 9.52. The average Bonchev–Trinajstić information content (AvgIpc) is 3.46. The third-order valence-corrected chi connectivity index (χ3v) is 7.62. The third kappa shape index (κ3) is 2.80. The summed E-state index contributed by atoms with van der Waals surface area (Å²) in [4.78, 5) is 29.9. The molecule has 33 heavy (non-hydrogen) atoms. The highest BCUT2D eigenvalue weighted by Crippen LogP contribution is 2.59. The summed E-state index contributed by atoms with van der Waals surface area (Å²) in [5.41, 5.74) is 1.10. The van der Waals surface area contributed by atoms with E-state index in [1.54, 1.807) is 18.2 Å². The Morgan fingerprint density at radius 1 is 0.848 bits per heavy atom. The van der Waals surface area contributed by atoms with E-state index < -0.39 is 11.5 Å². The van der Waals surface area contributed by atoms with E-state index in [0.717, 1.165) is 24.1 Å². The highest BCUT2D eigenvalue weighted by molar-refractivity contribution is 6.38. The lowest BCUT2D eigenvalue weighted by Gasteiger charge is -2.36. The molecule has 5 nitrogen and oxygen atoms in total. The van der Waals surface area contributed by atoms with Crippen molar-refractivity contribution in [3.63, 3.8) is 0 Å². The summed E-state index contributed by atoms with van der Waals surface area (Å²) in [5, 5.41) is 5.09. The zero-order valence-electron chi connectivity index (χ0n) is 17.7. The van der Waals surface area contributed by atoms with E-state index in [0.29, 0.717) is 17.3 Å². The number of hydrogen-bond acceptors (Lipinski definition) is 4. The summed E-state index contributed by atoms with van der Waals surface area (Å²) < 4.78 is 0. The number of anilines is 1. The first kappa shape index (κ1) is 20.9. The van der Waals surface area contributed by atoms with Crippen molar-refractivity contribution in [1.82, 2.24) is 10.0 Å². The summed E-state index contributed by atoms with van der Waals surface area (Å²) in [6.07, 6.45) is 0.924. The number of amides is 2. The summed E-state index contributed by atoms with van der Waals surface area (Å²) in [5.74, 6) is -1.11. The highest BCUT2D eigenvalue weighted by atomic mass is 35.5. The fourth-order valence-electron chi connectivity index (χ4n) is 5.88. The van der Waals surface area contributed by atoms with Crippen molar-refractivity contribution in [1.29, 1.82) is 0 Å². The first-order valence-corrected chi connectivity index (χ1v) is 11.8. The van der Waals surface area contributed by atoms with Crippen LogP contribution in [0.25, 0.3) is 0 Å². The average molecular weight is 478 g/mol. The van der Waals surface area contributed by atoms with Gasteiger partial charge < -0.3 is 0 Å². The van der Waals surface area contributed by atoms with Crippen LogP contribution in [0.1, 0.15) is 23.6 Å². The number of hydrogen-bond donors (Lipinski definition) is 0. The van der Waals surface area contributed by atoms with Crippen molar-refractivity contribution >= 4 is 40.7 Å². The minimum Gasteiger partial charge on any atom is -0.274 e. The molecule has 3 fully saturated rings. The molecule has 3 aliphatic rings. The Balaban J connectivity index is 1.61. The molecule has 3 aliphatic heterocycles. The SMILES string of the molecule is O=C1C2C(c3ccccc3)N3CCCN3C2(c2ccccc2)C(=O)N1c1ccc(Cl)cc1Cl. The Hall–Kier alpha value is -2.70. The van der Waals surface area contributed by atoms with Crippen LogP contribution in [0.3, 0.4) is 0 Å². The van der Waals surface area contributed by atoms with Crippen LogP contribution in [0, 0.1) is 5.92 Å². The molecule has 3 aromatic rings. The molecule has 0 aliphatic carbocycles. The van der Waals surface area contributed by atoms with Gasteiger partial charge in [-0.1, -0.05) is 83.9 Å². The number of carbonyl (C=O) groups is 2. The fraction of sp³-hybridized carbons (Fsp3) is 0.231. The standard InChI is InChI=1S/C26H21Cl2N3O2/c27-19-12-13-21(20(28)16-19)31-24(32)22-23(17-8-3-1-4-9-17)29-14-7-15-30(29)26(22,25(31)33)18-10-5-2-6-11-18/h1-6,8-13,16,22-23H,7,14-15H2. The fourth-order valence-corrected chi connectivity index (χ4v) is 6.37. The Kier molecular flexibility index (Phi) is 4.85. The van der Waals surface area contributed by atoms with Crippen molar-refractivity contribution in [3.05, 3.63) is 100 Å². The van der Waals surface area contributed by atoms with Crippen LogP contribution in [0.4, 0.5) is 5.69 Å². The predicted molar refractivity (Wildman–Crippen MR) is 128 cm³/mol. The predicted octanol–water partition coefficient (Wildman–Crippen LogP) is 5.06. The minimum absolute atomic E-state index is 0.240. The van der Waals surface area contributed by atoms with Crippen molar-refractivity contribution in [3.8, 4) is 0 Å². The van der Waals surface area contributed by atoms with E-state index in [-0.39, 0.29) is 22.9 Å². The molecule has 2 amide bonds. The highest BCUT2D eigenvalue weighted by Gasteiger charge is 2.73. The number of fused-ring (bicyclic) bond motifs is 3. The number of halogens is 2. The van der Waals surface area contributed by atoms with Gasteiger partial charge >= 0.3 is 0 Å². The zero-order valence-corrected chi connectivity index (χ0v) is 19.2. The smallest absolute Gasteiger partial charge is 0.261 e. The maximum absolute atomic E-state index is 14.4. The topological polar surface area (TPSA) is 43.9 Å². The molecule has 3 saturated heterocycles. The molecule has 3 aromatic carbocycles. The quantitative estimate of drug-likeness (QED) is 0.494. The Morgan fingerprint density at radius 2 is 1.55 bits per heavy atom. The van der Waals surface area contributed by atoms with E-state index in [4.69, 9.17) is 23.2 Å². The summed E-state index contributed by atoms with van der Waals surface area (Å²) in [6.45, 7) is 1.50. The van der Waals surface area contributed by atoms with Gasteiger partial charge in [0.2, 0.25) is 5.91 Å². The lowest BCUT2D eigenvalue weighted by Crippen LogP contribution is -2.52. The third-order valence-electron chi connectivity index (χ3n) is 7.08. The van der Waals surface area contributed by atoms with Crippen molar-refractivity contribution < 1.29 is 9.59 Å². The van der Waals surface area contributed by atoms with Gasteiger partial charge in [0.15, 0.2) is 5.54 Å². The number of nitrogens with zero attached hydrogens (tertiary/aromatic N) is 3. The van der Waals surface area contributed by atoms with Gasteiger partial charge in [-0.25, -0.2) is 14.9 Å². The first-order chi connectivity index (χ1) is 16.0. The van der Waals surface area contributed by atoms with Gasteiger partial charge in [0.1, 0.15) is 0 Å². The van der Waals surface area contributed by atoms with E-state index in [1.165, 1.54) is 4.90 Å². The van der Waals surface area contributed by atoms with Gasteiger partial charge in [0, 0.05) is 18.1 Å². The van der Waals surface area contributed by atoms with Crippen molar-refractivity contribution in [2.24, 2.45) is 5.92 Å². The molecule has 3 atom stereocenters. The van der Waals surface area contributed by atoms with Crippen LogP contribution >= 0.6 is 23.2 Å². The number of hydrazine groups is 1. The van der Waals surface area contributed by atoms with Gasteiger partial charge in [-0.3, -0.25) is 9.59 Å². The molecule has 0 N–H and O–H groups in total. The molecule has 0 saturated carbocycles. The van der Waals surface area contributed by atoms with Gasteiger partial charge in [0.05, 0.1) is 22.7 Å². The lowest BCUT2D eigenvalue weighted by atomic mass is 9.75. The second kappa shape index (κ2) is 7.67. The molecule has 0 bridgehead atoms. The lowest BCUT2D eigenvalue weighted by molar-refractivity contribution is -0.134. The van der Waals surface area contributed by atoms with Crippen LogP contribution in [-0.4, -0.2) is 34.9 Å². The van der Waals surface area contributed by atoms with Gasteiger partial charge in [-0.15, -0.1) is 0 Å². The molecule has 0 spiro atoms.